The molecule has 0 atom stereocenters. The summed E-state index contributed by atoms with van der Waals surface area (Å²) in [7, 11) is 1.62. The molecule has 0 saturated heterocycles. The fraction of sp³-hybridized carbons (Fsp3) is 0.250. The number of nitrogens with zero attached hydrogens (tertiary/aromatic N) is 3. The van der Waals surface area contributed by atoms with Crippen LogP contribution in [0.5, 0.6) is 5.88 Å². The second-order valence-corrected chi connectivity index (χ2v) is 4.91. The van der Waals surface area contributed by atoms with Gasteiger partial charge in [-0.1, -0.05) is 29.4 Å². The van der Waals surface area contributed by atoms with E-state index in [1.54, 1.807) is 7.11 Å². The van der Waals surface area contributed by atoms with Crippen LogP contribution in [0.3, 0.4) is 0 Å². The van der Waals surface area contributed by atoms with E-state index in [1.165, 1.54) is 0 Å². The second-order valence-electron chi connectivity index (χ2n) is 4.91. The van der Waals surface area contributed by atoms with Crippen LogP contribution in [0.15, 0.2) is 47.6 Å². The minimum atomic E-state index is 0.621. The van der Waals surface area contributed by atoms with Crippen molar-refractivity contribution in [2.75, 3.05) is 18.6 Å². The summed E-state index contributed by atoms with van der Waals surface area (Å²) in [6, 6.07) is 13.7. The number of fused-ring (bicyclic) bond motifs is 1. The molecule has 2 heterocycles. The van der Waals surface area contributed by atoms with Gasteiger partial charge in [0.05, 0.1) is 25.1 Å². The average molecular weight is 283 g/mol. The number of benzene rings is 1. The normalized spacial score (nSPS) is 15.9. The highest BCUT2D eigenvalue weighted by Crippen LogP contribution is 2.28. The lowest BCUT2D eigenvalue weighted by atomic mass is 9.99. The Morgan fingerprint density at radius 1 is 1.24 bits per heavy atom. The predicted octanol–water partition coefficient (Wildman–Crippen LogP) is 2.68. The largest absolute Gasteiger partial charge is 0.481 e. The maximum atomic E-state index is 9.12. The van der Waals surface area contributed by atoms with E-state index in [1.807, 2.05) is 42.5 Å². The van der Waals surface area contributed by atoms with Gasteiger partial charge in [0.15, 0.2) is 0 Å². The molecule has 0 fully saturated rings. The highest BCUT2D eigenvalue weighted by molar-refractivity contribution is 6.06. The lowest BCUT2D eigenvalue weighted by Crippen LogP contribution is -2.32. The van der Waals surface area contributed by atoms with E-state index in [-0.39, 0.29) is 0 Å². The van der Waals surface area contributed by atoms with Crippen LogP contribution in [0.1, 0.15) is 17.7 Å². The molecule has 3 rings (SSSR count). The van der Waals surface area contributed by atoms with Crippen LogP contribution in [0, 0.1) is 0 Å². The van der Waals surface area contributed by atoms with Crippen molar-refractivity contribution < 1.29 is 9.94 Å². The Balaban J connectivity index is 1.90. The van der Waals surface area contributed by atoms with Crippen molar-refractivity contribution in [2.24, 2.45) is 5.16 Å². The molecule has 5 nitrogen and oxygen atoms in total. The molecule has 1 aliphatic rings. The minimum absolute atomic E-state index is 0.621. The monoisotopic (exact) mass is 283 g/mol. The highest BCUT2D eigenvalue weighted by Gasteiger charge is 2.22. The zero-order chi connectivity index (χ0) is 14.7. The number of para-hydroxylation sites is 1. The van der Waals surface area contributed by atoms with E-state index in [4.69, 9.17) is 9.94 Å². The molecule has 1 N–H and O–H groups in total. The van der Waals surface area contributed by atoms with Crippen LogP contribution in [0.4, 0.5) is 5.69 Å². The summed E-state index contributed by atoms with van der Waals surface area (Å²) in [5.41, 5.74) is 3.74. The summed E-state index contributed by atoms with van der Waals surface area (Å²) in [6.07, 6.45) is 0.720. The van der Waals surface area contributed by atoms with Gasteiger partial charge in [0.25, 0.3) is 0 Å². The smallest absolute Gasteiger partial charge is 0.213 e. The summed E-state index contributed by atoms with van der Waals surface area (Å²) in [6.45, 7) is 1.50. The molecule has 108 valence electrons. The Morgan fingerprint density at radius 3 is 2.90 bits per heavy atom. The number of hydrogen-bond acceptors (Lipinski definition) is 5. The number of ether oxygens (including phenoxy) is 1. The quantitative estimate of drug-likeness (QED) is 0.695. The fourth-order valence-electron chi connectivity index (χ4n) is 2.61. The van der Waals surface area contributed by atoms with Gasteiger partial charge in [-0.05, 0) is 12.1 Å². The van der Waals surface area contributed by atoms with E-state index in [2.05, 4.69) is 15.0 Å². The van der Waals surface area contributed by atoms with Gasteiger partial charge in [-0.2, -0.15) is 0 Å². The van der Waals surface area contributed by atoms with Crippen LogP contribution in [0.25, 0.3) is 0 Å². The van der Waals surface area contributed by atoms with Crippen LogP contribution in [-0.2, 0) is 6.54 Å². The lowest BCUT2D eigenvalue weighted by Gasteiger charge is -2.31. The second kappa shape index (κ2) is 5.83. The molecule has 0 amide bonds. The van der Waals surface area contributed by atoms with Crippen molar-refractivity contribution in [3.05, 3.63) is 53.7 Å². The Bertz CT molecular complexity index is 670. The Kier molecular flexibility index (Phi) is 3.73. The molecule has 0 unspecified atom stereocenters. The molecule has 21 heavy (non-hydrogen) atoms. The van der Waals surface area contributed by atoms with Gasteiger partial charge in [-0.15, -0.1) is 0 Å². The third-order valence-electron chi connectivity index (χ3n) is 3.64. The van der Waals surface area contributed by atoms with Gasteiger partial charge in [-0.3, -0.25) is 0 Å². The third-order valence-corrected chi connectivity index (χ3v) is 3.64. The molecule has 0 spiro atoms. The van der Waals surface area contributed by atoms with E-state index >= 15 is 0 Å². The summed E-state index contributed by atoms with van der Waals surface area (Å²) in [4.78, 5) is 6.70. The van der Waals surface area contributed by atoms with E-state index in [0.29, 0.717) is 12.4 Å². The molecule has 0 saturated carbocycles. The molecule has 1 aromatic carbocycles. The van der Waals surface area contributed by atoms with Crippen LogP contribution in [0.2, 0.25) is 0 Å². The SMILES string of the molecule is COc1cccc(CN2CCC(=NO)c3ccccc32)n1. The average Bonchev–Trinajstić information content (AvgIpc) is 2.55. The first-order valence-electron chi connectivity index (χ1n) is 6.87. The number of methoxy groups -OCH3 is 1. The Morgan fingerprint density at radius 2 is 2.10 bits per heavy atom. The number of rotatable bonds is 3. The molecule has 0 bridgehead atoms. The molecule has 5 heteroatoms. The summed E-state index contributed by atoms with van der Waals surface area (Å²) in [5, 5.41) is 12.5. The van der Waals surface area contributed by atoms with Gasteiger partial charge in [0.1, 0.15) is 0 Å². The Labute approximate surface area is 123 Å². The first-order chi connectivity index (χ1) is 10.3. The van der Waals surface area contributed by atoms with Gasteiger partial charge in [-0.25, -0.2) is 4.98 Å². The van der Waals surface area contributed by atoms with Crippen LogP contribution < -0.4 is 9.64 Å². The summed E-state index contributed by atoms with van der Waals surface area (Å²) < 4.78 is 5.17. The van der Waals surface area contributed by atoms with Crippen molar-refractivity contribution >= 4 is 11.4 Å². The number of hydrogen-bond donors (Lipinski definition) is 1. The highest BCUT2D eigenvalue weighted by atomic mass is 16.5. The molecule has 1 aromatic heterocycles. The van der Waals surface area contributed by atoms with Crippen LogP contribution >= 0.6 is 0 Å². The van der Waals surface area contributed by atoms with Gasteiger partial charge >= 0.3 is 0 Å². The number of pyridine rings is 1. The molecule has 1 aliphatic heterocycles. The molecule has 2 aromatic rings. The summed E-state index contributed by atoms with van der Waals surface area (Å²) in [5.74, 6) is 0.621. The number of aromatic nitrogens is 1. The first kappa shape index (κ1) is 13.4. The molecular formula is C16H17N3O2. The lowest BCUT2D eigenvalue weighted by molar-refractivity contribution is 0.317. The van der Waals surface area contributed by atoms with Crippen molar-refractivity contribution in [3.8, 4) is 5.88 Å². The third kappa shape index (κ3) is 2.67. The topological polar surface area (TPSA) is 58.0 Å². The van der Waals surface area contributed by atoms with Crippen molar-refractivity contribution in [2.45, 2.75) is 13.0 Å². The predicted molar refractivity (Wildman–Crippen MR) is 81.2 cm³/mol. The zero-order valence-corrected chi connectivity index (χ0v) is 11.9. The van der Waals surface area contributed by atoms with Crippen molar-refractivity contribution in [1.29, 1.82) is 0 Å². The van der Waals surface area contributed by atoms with Crippen molar-refractivity contribution in [3.63, 3.8) is 0 Å². The molecule has 0 radical (unpaired) electrons. The van der Waals surface area contributed by atoms with Crippen LogP contribution in [-0.4, -0.2) is 29.6 Å². The number of oxime groups is 1. The van der Waals surface area contributed by atoms with Gasteiger partial charge < -0.3 is 14.8 Å². The standard InChI is InChI=1S/C16H17N3O2/c1-21-16-8-4-5-12(17-16)11-19-10-9-14(18-20)13-6-2-3-7-15(13)19/h2-8,20H,9-11H2,1H3. The minimum Gasteiger partial charge on any atom is -0.481 e. The summed E-state index contributed by atoms with van der Waals surface area (Å²) >= 11 is 0. The van der Waals surface area contributed by atoms with Gasteiger partial charge in [0, 0.05) is 30.3 Å². The maximum Gasteiger partial charge on any atom is 0.213 e. The Hall–Kier alpha value is -2.56. The zero-order valence-electron chi connectivity index (χ0n) is 11.9. The van der Waals surface area contributed by atoms with E-state index in [9.17, 15) is 0 Å². The van der Waals surface area contributed by atoms with Gasteiger partial charge in [0.2, 0.25) is 5.88 Å². The molecular weight excluding hydrogens is 266 g/mol. The fourth-order valence-corrected chi connectivity index (χ4v) is 2.61. The maximum absolute atomic E-state index is 9.12. The van der Waals surface area contributed by atoms with Crippen molar-refractivity contribution in [1.82, 2.24) is 4.98 Å². The molecule has 0 aliphatic carbocycles. The number of anilines is 1. The first-order valence-corrected chi connectivity index (χ1v) is 6.87. The van der Waals surface area contributed by atoms with E-state index in [0.717, 1.165) is 35.6 Å². The van der Waals surface area contributed by atoms with E-state index < -0.39 is 0 Å².